The third-order valence-electron chi connectivity index (χ3n) is 6.86. The zero-order chi connectivity index (χ0) is 22.7. The third kappa shape index (κ3) is 5.99. The molecular weight excluding hydrogens is 426 g/mol. The molecule has 2 fully saturated rings. The summed E-state index contributed by atoms with van der Waals surface area (Å²) in [6.45, 7) is 2.96. The van der Waals surface area contributed by atoms with Crippen LogP contribution in [-0.4, -0.2) is 47.8 Å². The van der Waals surface area contributed by atoms with Crippen molar-refractivity contribution in [3.63, 3.8) is 0 Å². The van der Waals surface area contributed by atoms with Crippen molar-refractivity contribution in [3.05, 3.63) is 29.7 Å². The highest BCUT2D eigenvalue weighted by Gasteiger charge is 2.33. The molecule has 0 spiro atoms. The van der Waals surface area contributed by atoms with Crippen molar-refractivity contribution in [2.75, 3.05) is 19.6 Å². The summed E-state index contributed by atoms with van der Waals surface area (Å²) in [6.07, 6.45) is 0.557. The van der Waals surface area contributed by atoms with Gasteiger partial charge in [-0.25, -0.2) is 4.39 Å². The SMILES string of the molecule is O=C(CC(F)(F)F)NC1CCC(CCN2CCC(c3noc4cc(F)ccc34)CC2)CC1. The number of amides is 1. The minimum absolute atomic E-state index is 0.136. The summed E-state index contributed by atoms with van der Waals surface area (Å²) in [4.78, 5) is 13.9. The van der Waals surface area contributed by atoms with E-state index in [4.69, 9.17) is 4.52 Å². The van der Waals surface area contributed by atoms with Crippen LogP contribution in [0, 0.1) is 11.7 Å². The molecule has 9 heteroatoms. The molecule has 1 N–H and O–H groups in total. The molecule has 1 aromatic heterocycles. The number of piperidine rings is 1. The number of aromatic nitrogens is 1. The van der Waals surface area contributed by atoms with E-state index >= 15 is 0 Å². The lowest BCUT2D eigenvalue weighted by Crippen LogP contribution is -2.40. The van der Waals surface area contributed by atoms with Crippen molar-refractivity contribution < 1.29 is 26.9 Å². The smallest absolute Gasteiger partial charge is 0.356 e. The number of hydrogen-bond acceptors (Lipinski definition) is 4. The second-order valence-corrected chi connectivity index (χ2v) is 9.19. The van der Waals surface area contributed by atoms with Gasteiger partial charge in [-0.3, -0.25) is 4.79 Å². The van der Waals surface area contributed by atoms with Crippen LogP contribution in [0.1, 0.15) is 63.0 Å². The van der Waals surface area contributed by atoms with Gasteiger partial charge in [0.25, 0.3) is 0 Å². The molecule has 2 heterocycles. The van der Waals surface area contributed by atoms with Crippen molar-refractivity contribution in [1.29, 1.82) is 0 Å². The van der Waals surface area contributed by atoms with Crippen molar-refractivity contribution in [1.82, 2.24) is 15.4 Å². The second kappa shape index (κ2) is 9.77. The van der Waals surface area contributed by atoms with Crippen molar-refractivity contribution in [2.24, 2.45) is 5.92 Å². The summed E-state index contributed by atoms with van der Waals surface area (Å²) in [7, 11) is 0. The first-order chi connectivity index (χ1) is 15.3. The Morgan fingerprint density at radius 2 is 1.84 bits per heavy atom. The maximum Gasteiger partial charge on any atom is 0.397 e. The summed E-state index contributed by atoms with van der Waals surface area (Å²) in [5, 5.41) is 7.62. The van der Waals surface area contributed by atoms with Gasteiger partial charge in [-0.2, -0.15) is 13.2 Å². The van der Waals surface area contributed by atoms with Gasteiger partial charge in [-0.05, 0) is 82.6 Å². The minimum Gasteiger partial charge on any atom is -0.356 e. The standard InChI is InChI=1S/C23H29F4N3O2/c24-17-3-6-19-20(13-17)32-29-22(19)16-8-11-30(12-9-16)10-7-15-1-4-18(5-2-15)28-21(31)14-23(25,26)27/h3,6,13,15-16,18H,1-2,4-5,7-12,14H2,(H,28,31). The molecule has 2 aliphatic rings. The van der Waals surface area contributed by atoms with Crippen molar-refractivity contribution in [2.45, 2.75) is 69.5 Å². The van der Waals surface area contributed by atoms with E-state index in [-0.39, 0.29) is 11.9 Å². The fraction of sp³-hybridized carbons (Fsp3) is 0.652. The van der Waals surface area contributed by atoms with Crippen LogP contribution < -0.4 is 5.32 Å². The van der Waals surface area contributed by atoms with Gasteiger partial charge in [-0.1, -0.05) is 5.16 Å². The first-order valence-electron chi connectivity index (χ1n) is 11.4. The zero-order valence-corrected chi connectivity index (χ0v) is 18.0. The Bertz CT molecular complexity index is 914. The average Bonchev–Trinajstić information content (AvgIpc) is 3.15. The van der Waals surface area contributed by atoms with Gasteiger partial charge in [-0.15, -0.1) is 0 Å². The van der Waals surface area contributed by atoms with Gasteiger partial charge in [0.2, 0.25) is 5.91 Å². The molecule has 0 radical (unpaired) electrons. The van der Waals surface area contributed by atoms with Gasteiger partial charge >= 0.3 is 6.18 Å². The number of fused-ring (bicyclic) bond motifs is 1. The highest BCUT2D eigenvalue weighted by Crippen LogP contribution is 2.33. The largest absolute Gasteiger partial charge is 0.397 e. The molecule has 2 aromatic rings. The lowest BCUT2D eigenvalue weighted by atomic mass is 9.83. The van der Waals surface area contributed by atoms with Crippen LogP contribution in [0.15, 0.2) is 22.7 Å². The third-order valence-corrected chi connectivity index (χ3v) is 6.86. The molecule has 176 valence electrons. The molecule has 32 heavy (non-hydrogen) atoms. The number of nitrogens with zero attached hydrogens (tertiary/aromatic N) is 2. The molecule has 1 amide bonds. The number of likely N-dealkylation sites (tertiary alicyclic amines) is 1. The van der Waals surface area contributed by atoms with Crippen LogP contribution >= 0.6 is 0 Å². The van der Waals surface area contributed by atoms with Crippen molar-refractivity contribution >= 4 is 16.9 Å². The van der Waals surface area contributed by atoms with E-state index in [0.717, 1.165) is 75.7 Å². The van der Waals surface area contributed by atoms with E-state index in [2.05, 4.69) is 15.4 Å². The van der Waals surface area contributed by atoms with Crippen LogP contribution in [0.5, 0.6) is 0 Å². The second-order valence-electron chi connectivity index (χ2n) is 9.19. The average molecular weight is 455 g/mol. The van der Waals surface area contributed by atoms with Gasteiger partial charge < -0.3 is 14.7 Å². The zero-order valence-electron chi connectivity index (χ0n) is 18.0. The Morgan fingerprint density at radius 3 is 2.53 bits per heavy atom. The molecule has 1 aliphatic carbocycles. The highest BCUT2D eigenvalue weighted by molar-refractivity contribution is 5.80. The molecule has 1 aliphatic heterocycles. The summed E-state index contributed by atoms with van der Waals surface area (Å²) < 4.78 is 55.6. The molecule has 0 bridgehead atoms. The fourth-order valence-electron chi connectivity index (χ4n) is 5.08. The predicted molar refractivity (Wildman–Crippen MR) is 112 cm³/mol. The first kappa shape index (κ1) is 23.0. The maximum absolute atomic E-state index is 13.4. The van der Waals surface area contributed by atoms with E-state index < -0.39 is 18.5 Å². The Morgan fingerprint density at radius 1 is 1.12 bits per heavy atom. The Hall–Kier alpha value is -2.16. The number of carbonyl (C=O) groups is 1. The van der Waals surface area contributed by atoms with E-state index in [1.807, 2.05) is 0 Å². The number of rotatable bonds is 6. The molecule has 5 nitrogen and oxygen atoms in total. The molecule has 0 unspecified atom stereocenters. The summed E-state index contributed by atoms with van der Waals surface area (Å²) >= 11 is 0. The molecule has 1 saturated carbocycles. The Kier molecular flexibility index (Phi) is 7.02. The lowest BCUT2D eigenvalue weighted by Gasteiger charge is -2.34. The summed E-state index contributed by atoms with van der Waals surface area (Å²) in [6, 6.07) is 4.42. The van der Waals surface area contributed by atoms with Gasteiger partial charge in [0.05, 0.1) is 5.69 Å². The van der Waals surface area contributed by atoms with E-state index in [9.17, 15) is 22.4 Å². The molecule has 4 rings (SSSR count). The number of carbonyl (C=O) groups excluding carboxylic acids is 1. The number of alkyl halides is 3. The predicted octanol–water partition coefficient (Wildman–Crippen LogP) is 5.16. The quantitative estimate of drug-likeness (QED) is 0.611. The van der Waals surface area contributed by atoms with Gasteiger partial charge in [0.15, 0.2) is 5.58 Å². The van der Waals surface area contributed by atoms with Crippen LogP contribution in [0.2, 0.25) is 0 Å². The number of halogens is 4. The van der Waals surface area contributed by atoms with Crippen LogP contribution in [0.25, 0.3) is 11.0 Å². The lowest BCUT2D eigenvalue weighted by molar-refractivity contribution is -0.154. The highest BCUT2D eigenvalue weighted by atomic mass is 19.4. The monoisotopic (exact) mass is 455 g/mol. The van der Waals surface area contributed by atoms with Crippen molar-refractivity contribution in [3.8, 4) is 0 Å². The maximum atomic E-state index is 13.4. The van der Waals surface area contributed by atoms with E-state index in [1.165, 1.54) is 12.1 Å². The van der Waals surface area contributed by atoms with Crippen LogP contribution in [0.4, 0.5) is 17.6 Å². The molecule has 0 atom stereocenters. The van der Waals surface area contributed by atoms with Crippen LogP contribution in [-0.2, 0) is 4.79 Å². The van der Waals surface area contributed by atoms with Crippen LogP contribution in [0.3, 0.4) is 0 Å². The summed E-state index contributed by atoms with van der Waals surface area (Å²) in [5.41, 5.74) is 1.41. The van der Waals surface area contributed by atoms with Gasteiger partial charge in [0.1, 0.15) is 12.2 Å². The first-order valence-corrected chi connectivity index (χ1v) is 11.4. The van der Waals surface area contributed by atoms with Gasteiger partial charge in [0, 0.05) is 23.4 Å². The molecule has 1 saturated heterocycles. The van der Waals surface area contributed by atoms with E-state index in [0.29, 0.717) is 17.4 Å². The topological polar surface area (TPSA) is 58.4 Å². The minimum atomic E-state index is -4.45. The number of nitrogens with one attached hydrogen (secondary N) is 1. The molecular formula is C23H29F4N3O2. The molecule has 1 aromatic carbocycles. The van der Waals surface area contributed by atoms with E-state index in [1.54, 1.807) is 6.07 Å². The fourth-order valence-corrected chi connectivity index (χ4v) is 5.08. The number of benzene rings is 1. The Balaban J connectivity index is 1.16. The number of hydrogen-bond donors (Lipinski definition) is 1. The Labute approximate surface area is 184 Å². The normalized spacial score (nSPS) is 23.5. The summed E-state index contributed by atoms with van der Waals surface area (Å²) in [5.74, 6) is -0.381.